The molecule has 0 radical (unpaired) electrons. The van der Waals surface area contributed by atoms with Crippen molar-refractivity contribution >= 4 is 0 Å². The topological polar surface area (TPSA) is 82.4 Å². The molecule has 2 unspecified atom stereocenters. The summed E-state index contributed by atoms with van der Waals surface area (Å²) in [6.45, 7) is 7.09. The average molecular weight is 418 g/mol. The summed E-state index contributed by atoms with van der Waals surface area (Å²) >= 11 is 0. The summed E-state index contributed by atoms with van der Waals surface area (Å²) in [6.07, 6.45) is 6.26. The van der Waals surface area contributed by atoms with Crippen LogP contribution < -0.4 is 0 Å². The fraction of sp³-hybridized carbons (Fsp3) is 0.750. The number of ether oxygens (including phenoxy) is 2. The van der Waals surface area contributed by atoms with Gasteiger partial charge in [-0.1, -0.05) is 12.5 Å². The van der Waals surface area contributed by atoms with Crippen LogP contribution in [0.4, 0.5) is 0 Å². The van der Waals surface area contributed by atoms with E-state index in [0.29, 0.717) is 44.5 Å². The Morgan fingerprint density at radius 3 is 2.50 bits per heavy atom. The zero-order valence-corrected chi connectivity index (χ0v) is 18.2. The van der Waals surface area contributed by atoms with Crippen molar-refractivity contribution in [3.05, 3.63) is 23.3 Å². The first-order valence-corrected chi connectivity index (χ1v) is 11.6. The maximum Gasteiger partial charge on any atom is 0.169 e. The van der Waals surface area contributed by atoms with E-state index in [2.05, 4.69) is 11.8 Å². The lowest BCUT2D eigenvalue weighted by atomic mass is 9.51. The predicted octanol–water partition coefficient (Wildman–Crippen LogP) is 3.20. The number of benzene rings is 1. The van der Waals surface area contributed by atoms with Crippen LogP contribution in [0.15, 0.2) is 12.1 Å². The van der Waals surface area contributed by atoms with Gasteiger partial charge in [-0.05, 0) is 63.6 Å². The zero-order chi connectivity index (χ0) is 21.1. The van der Waals surface area contributed by atoms with Gasteiger partial charge in [0, 0.05) is 36.4 Å². The molecule has 6 nitrogen and oxygen atoms in total. The van der Waals surface area contributed by atoms with Gasteiger partial charge in [-0.3, -0.25) is 4.90 Å². The molecule has 1 aromatic rings. The molecule has 1 spiro atoms. The van der Waals surface area contributed by atoms with E-state index in [-0.39, 0.29) is 17.5 Å². The molecule has 3 atom stereocenters. The molecule has 3 N–H and O–H groups in total. The van der Waals surface area contributed by atoms with Crippen molar-refractivity contribution in [2.75, 3.05) is 26.3 Å². The van der Waals surface area contributed by atoms with E-state index in [0.717, 1.165) is 24.6 Å². The molecule has 166 valence electrons. The molecule has 4 fully saturated rings. The van der Waals surface area contributed by atoms with Crippen LogP contribution in [-0.2, 0) is 14.9 Å². The number of fused-ring (bicyclic) bond motifs is 1. The predicted molar refractivity (Wildman–Crippen MR) is 113 cm³/mol. The van der Waals surface area contributed by atoms with Gasteiger partial charge in [0.15, 0.2) is 17.3 Å². The Kier molecular flexibility index (Phi) is 4.86. The van der Waals surface area contributed by atoms with Crippen molar-refractivity contribution in [2.24, 2.45) is 5.92 Å². The maximum absolute atomic E-state index is 12.4. The highest BCUT2D eigenvalue weighted by Gasteiger charge is 2.66. The number of likely N-dealkylation sites (tertiary alicyclic amines) is 1. The quantitative estimate of drug-likeness (QED) is 0.655. The summed E-state index contributed by atoms with van der Waals surface area (Å²) in [5.41, 5.74) is -0.222. The van der Waals surface area contributed by atoms with Crippen LogP contribution in [0.2, 0.25) is 0 Å². The molecule has 2 saturated heterocycles. The van der Waals surface area contributed by atoms with Crippen LogP contribution in [0.25, 0.3) is 0 Å². The van der Waals surface area contributed by atoms with E-state index >= 15 is 0 Å². The Labute approximate surface area is 178 Å². The minimum atomic E-state index is -1.04. The number of phenolic OH excluding ortho intramolecular Hbond substituents is 2. The molecule has 5 rings (SSSR count). The van der Waals surface area contributed by atoms with E-state index in [1.165, 1.54) is 25.3 Å². The van der Waals surface area contributed by atoms with Crippen molar-refractivity contribution in [3.8, 4) is 11.5 Å². The lowest BCUT2D eigenvalue weighted by Crippen LogP contribution is -2.72. The number of hydrogen-bond acceptors (Lipinski definition) is 6. The summed E-state index contributed by atoms with van der Waals surface area (Å²) in [5, 5.41) is 33.7. The van der Waals surface area contributed by atoms with E-state index in [1.807, 2.05) is 13.0 Å². The molecule has 0 bridgehead atoms. The van der Waals surface area contributed by atoms with Crippen LogP contribution in [0.1, 0.15) is 63.0 Å². The Morgan fingerprint density at radius 1 is 1.10 bits per heavy atom. The number of phenols is 2. The van der Waals surface area contributed by atoms with E-state index in [9.17, 15) is 15.3 Å². The molecule has 2 saturated carbocycles. The lowest BCUT2D eigenvalue weighted by Gasteiger charge is -2.63. The molecule has 2 aliphatic heterocycles. The summed E-state index contributed by atoms with van der Waals surface area (Å²) in [5.74, 6) is -0.226. The molecule has 0 amide bonds. The van der Waals surface area contributed by atoms with Gasteiger partial charge in [0.2, 0.25) is 0 Å². The minimum absolute atomic E-state index is 0.0493. The number of aromatic hydroxyl groups is 2. The second-order valence-electron chi connectivity index (χ2n) is 10.1. The average Bonchev–Trinajstić information content (AvgIpc) is 3.13. The monoisotopic (exact) mass is 417 g/mol. The third-order valence-electron chi connectivity index (χ3n) is 8.73. The first-order chi connectivity index (χ1) is 14.3. The lowest BCUT2D eigenvalue weighted by molar-refractivity contribution is -0.255. The Bertz CT molecular complexity index is 818. The Morgan fingerprint density at radius 2 is 1.83 bits per heavy atom. The molecule has 2 aliphatic carbocycles. The highest BCUT2D eigenvalue weighted by Crippen LogP contribution is 2.61. The van der Waals surface area contributed by atoms with Gasteiger partial charge < -0.3 is 24.8 Å². The third-order valence-corrected chi connectivity index (χ3v) is 8.73. The summed E-state index contributed by atoms with van der Waals surface area (Å²) in [4.78, 5) is 2.45. The second-order valence-corrected chi connectivity index (χ2v) is 10.1. The fourth-order valence-corrected chi connectivity index (χ4v) is 6.78. The van der Waals surface area contributed by atoms with Gasteiger partial charge in [0.05, 0.1) is 18.8 Å². The first kappa shape index (κ1) is 20.6. The highest BCUT2D eigenvalue weighted by molar-refractivity contribution is 5.55. The van der Waals surface area contributed by atoms with Gasteiger partial charge in [-0.25, -0.2) is 0 Å². The van der Waals surface area contributed by atoms with Gasteiger partial charge in [-0.2, -0.15) is 0 Å². The van der Waals surface area contributed by atoms with Crippen LogP contribution >= 0.6 is 0 Å². The molecule has 30 heavy (non-hydrogen) atoms. The molecule has 0 aromatic heterocycles. The Balaban J connectivity index is 1.60. The molecule has 4 aliphatic rings. The molecular weight excluding hydrogens is 382 g/mol. The van der Waals surface area contributed by atoms with Crippen LogP contribution in [0, 0.1) is 12.8 Å². The molecule has 2 heterocycles. The summed E-state index contributed by atoms with van der Waals surface area (Å²) < 4.78 is 12.2. The van der Waals surface area contributed by atoms with Crippen molar-refractivity contribution in [3.63, 3.8) is 0 Å². The van der Waals surface area contributed by atoms with Crippen LogP contribution in [-0.4, -0.2) is 64.0 Å². The van der Waals surface area contributed by atoms with Crippen LogP contribution in [0.5, 0.6) is 11.5 Å². The molecule has 6 heteroatoms. The maximum atomic E-state index is 12.4. The van der Waals surface area contributed by atoms with Crippen molar-refractivity contribution in [1.29, 1.82) is 0 Å². The van der Waals surface area contributed by atoms with E-state index < -0.39 is 16.8 Å². The molecule has 1 aromatic carbocycles. The summed E-state index contributed by atoms with van der Waals surface area (Å²) in [6, 6.07) is 3.31. The number of rotatable bonds is 3. The standard InChI is InChI=1S/C24H35NO5/c1-16-6-7-19(26)21(27)20(16)22-10-11-25(14-18-4-3-5-18)17(2)24(22,28)9-8-23(15-22)29-12-13-30-23/h6-7,17-18,26-28H,3-5,8-15H2,1-2H3/t17?,22?,24-/m1/s1. The number of hydrogen-bond donors (Lipinski definition) is 3. The normalized spacial score (nSPS) is 36.6. The smallest absolute Gasteiger partial charge is 0.169 e. The number of aryl methyl sites for hydroxylation is 1. The molecular formula is C24H35NO5. The highest BCUT2D eigenvalue weighted by atomic mass is 16.7. The van der Waals surface area contributed by atoms with Gasteiger partial charge in [0.1, 0.15) is 0 Å². The minimum Gasteiger partial charge on any atom is -0.504 e. The SMILES string of the molecule is Cc1ccc(O)c(O)c1C12CCN(CC3CCC3)C(C)[C@]1(O)CCC1(C2)OCCO1. The number of aliphatic hydroxyl groups is 1. The second kappa shape index (κ2) is 7.09. The van der Waals surface area contributed by atoms with E-state index in [1.54, 1.807) is 0 Å². The third kappa shape index (κ3) is 2.84. The van der Waals surface area contributed by atoms with Crippen molar-refractivity contribution in [2.45, 2.75) is 81.6 Å². The van der Waals surface area contributed by atoms with E-state index in [4.69, 9.17) is 9.47 Å². The van der Waals surface area contributed by atoms with Crippen LogP contribution in [0.3, 0.4) is 0 Å². The van der Waals surface area contributed by atoms with Crippen molar-refractivity contribution in [1.82, 2.24) is 4.90 Å². The summed E-state index contributed by atoms with van der Waals surface area (Å²) in [7, 11) is 0. The Hall–Kier alpha value is -1.34. The largest absolute Gasteiger partial charge is 0.504 e. The number of nitrogens with zero attached hydrogens (tertiary/aromatic N) is 1. The van der Waals surface area contributed by atoms with Gasteiger partial charge in [0.25, 0.3) is 0 Å². The van der Waals surface area contributed by atoms with Gasteiger partial charge >= 0.3 is 0 Å². The zero-order valence-electron chi connectivity index (χ0n) is 18.2. The fourth-order valence-electron chi connectivity index (χ4n) is 6.78. The first-order valence-electron chi connectivity index (χ1n) is 11.6. The van der Waals surface area contributed by atoms with Crippen molar-refractivity contribution < 1.29 is 24.8 Å². The van der Waals surface area contributed by atoms with Gasteiger partial charge in [-0.15, -0.1) is 0 Å². The number of piperidine rings is 1.